The van der Waals surface area contributed by atoms with Crippen LogP contribution in [-0.2, 0) is 4.74 Å². The maximum atomic E-state index is 5.87. The molecule has 7 heteroatoms. The summed E-state index contributed by atoms with van der Waals surface area (Å²) in [4.78, 5) is 8.56. The Morgan fingerprint density at radius 2 is 2.17 bits per heavy atom. The highest BCUT2D eigenvalue weighted by Crippen LogP contribution is 2.34. The van der Waals surface area contributed by atoms with Crippen molar-refractivity contribution < 1.29 is 4.74 Å². The number of nitrogens with one attached hydrogen (secondary N) is 3. The number of aliphatic imine (C=N–C) groups is 1. The molecule has 2 saturated heterocycles. The Morgan fingerprint density at radius 1 is 1.29 bits per heavy atom. The minimum atomic E-state index is 0. The van der Waals surface area contributed by atoms with Gasteiger partial charge in [0.1, 0.15) is 5.82 Å². The molecule has 0 saturated carbocycles. The Labute approximate surface area is 161 Å². The van der Waals surface area contributed by atoms with Gasteiger partial charge in [-0.15, -0.1) is 24.0 Å². The molecule has 0 radical (unpaired) electrons. The monoisotopic (exact) mass is 445 g/mol. The highest BCUT2D eigenvalue weighted by atomic mass is 127. The number of rotatable bonds is 7. The molecule has 0 spiro atoms. The van der Waals surface area contributed by atoms with Gasteiger partial charge in [0.15, 0.2) is 5.96 Å². The highest BCUT2D eigenvalue weighted by Gasteiger charge is 2.40. The molecule has 134 valence electrons. The molecule has 3 rings (SSSR count). The van der Waals surface area contributed by atoms with Crippen LogP contribution < -0.4 is 16.0 Å². The van der Waals surface area contributed by atoms with Crippen molar-refractivity contribution in [3.05, 3.63) is 24.4 Å². The maximum absolute atomic E-state index is 5.87. The topological polar surface area (TPSA) is 70.6 Å². The third kappa shape index (κ3) is 5.47. The number of halogens is 1. The summed E-state index contributed by atoms with van der Waals surface area (Å²) < 4.78 is 5.87. The lowest BCUT2D eigenvalue weighted by Crippen LogP contribution is -2.47. The molecular weight excluding hydrogens is 417 g/mol. The van der Waals surface area contributed by atoms with Gasteiger partial charge in [0, 0.05) is 26.3 Å². The fourth-order valence-corrected chi connectivity index (χ4v) is 3.30. The molecular formula is C17H28IN5O. The van der Waals surface area contributed by atoms with Crippen molar-refractivity contribution in [2.45, 2.75) is 50.4 Å². The van der Waals surface area contributed by atoms with Crippen LogP contribution in [0.25, 0.3) is 0 Å². The lowest BCUT2D eigenvalue weighted by molar-refractivity contribution is 0.0992. The summed E-state index contributed by atoms with van der Waals surface area (Å²) in [6.45, 7) is 1.86. The summed E-state index contributed by atoms with van der Waals surface area (Å²) in [6.07, 6.45) is 8.34. The first-order valence-corrected chi connectivity index (χ1v) is 8.62. The highest BCUT2D eigenvalue weighted by molar-refractivity contribution is 14.0. The van der Waals surface area contributed by atoms with Crippen molar-refractivity contribution in [3.8, 4) is 0 Å². The largest absolute Gasteiger partial charge is 0.373 e. The normalized spacial score (nSPS) is 25.2. The van der Waals surface area contributed by atoms with Crippen LogP contribution in [0.4, 0.5) is 5.82 Å². The number of nitrogens with zero attached hydrogens (tertiary/aromatic N) is 2. The lowest BCUT2D eigenvalue weighted by atomic mass is 9.96. The Morgan fingerprint density at radius 3 is 2.83 bits per heavy atom. The van der Waals surface area contributed by atoms with Gasteiger partial charge in [0.2, 0.25) is 0 Å². The van der Waals surface area contributed by atoms with Crippen molar-refractivity contribution in [2.24, 2.45) is 4.99 Å². The molecule has 3 atom stereocenters. The minimum absolute atomic E-state index is 0. The van der Waals surface area contributed by atoms with E-state index in [2.05, 4.69) is 25.9 Å². The predicted octanol–water partition coefficient (Wildman–Crippen LogP) is 2.38. The summed E-state index contributed by atoms with van der Waals surface area (Å²) in [6, 6.07) is 6.33. The van der Waals surface area contributed by atoms with E-state index < -0.39 is 0 Å². The van der Waals surface area contributed by atoms with Crippen molar-refractivity contribution in [1.29, 1.82) is 0 Å². The number of aromatic nitrogens is 1. The first-order valence-electron chi connectivity index (χ1n) is 8.62. The number of hydrogen-bond acceptors (Lipinski definition) is 4. The van der Waals surface area contributed by atoms with Gasteiger partial charge in [-0.3, -0.25) is 4.99 Å². The summed E-state index contributed by atoms with van der Waals surface area (Å²) in [5.74, 6) is 1.83. The average molecular weight is 445 g/mol. The summed E-state index contributed by atoms with van der Waals surface area (Å²) >= 11 is 0. The van der Waals surface area contributed by atoms with Gasteiger partial charge in [-0.05, 0) is 44.2 Å². The van der Waals surface area contributed by atoms with E-state index in [-0.39, 0.29) is 24.0 Å². The quantitative estimate of drug-likeness (QED) is 0.260. The van der Waals surface area contributed by atoms with E-state index in [0.29, 0.717) is 18.2 Å². The Bertz CT molecular complexity index is 513. The predicted molar refractivity (Wildman–Crippen MR) is 108 cm³/mol. The number of fused-ring (bicyclic) bond motifs is 2. The van der Waals surface area contributed by atoms with Crippen LogP contribution >= 0.6 is 24.0 Å². The molecule has 0 amide bonds. The Balaban J connectivity index is 0.00000208. The molecule has 0 aliphatic carbocycles. The van der Waals surface area contributed by atoms with E-state index in [1.165, 1.54) is 12.8 Å². The number of ether oxygens (including phenoxy) is 1. The number of guanidine groups is 1. The van der Waals surface area contributed by atoms with Crippen LogP contribution in [0.1, 0.15) is 32.1 Å². The maximum Gasteiger partial charge on any atom is 0.191 e. The molecule has 1 aromatic rings. The Hall–Kier alpha value is -1.09. The summed E-state index contributed by atoms with van der Waals surface area (Å²) in [7, 11) is 1.83. The zero-order valence-corrected chi connectivity index (χ0v) is 16.5. The van der Waals surface area contributed by atoms with Gasteiger partial charge in [-0.25, -0.2) is 4.98 Å². The van der Waals surface area contributed by atoms with E-state index in [1.807, 2.05) is 25.2 Å². The summed E-state index contributed by atoms with van der Waals surface area (Å²) in [5.41, 5.74) is 0. The third-order valence-corrected chi connectivity index (χ3v) is 4.52. The second kappa shape index (κ2) is 10.0. The van der Waals surface area contributed by atoms with Crippen LogP contribution in [0.15, 0.2) is 29.4 Å². The van der Waals surface area contributed by atoms with Gasteiger partial charge in [0.05, 0.1) is 18.2 Å². The second-order valence-corrected chi connectivity index (χ2v) is 6.21. The van der Waals surface area contributed by atoms with Crippen molar-refractivity contribution in [1.82, 2.24) is 15.6 Å². The fraction of sp³-hybridized carbons (Fsp3) is 0.647. The summed E-state index contributed by atoms with van der Waals surface area (Å²) in [5, 5.41) is 10.2. The van der Waals surface area contributed by atoms with Gasteiger partial charge in [-0.2, -0.15) is 0 Å². The number of pyridine rings is 1. The van der Waals surface area contributed by atoms with E-state index in [9.17, 15) is 0 Å². The third-order valence-electron chi connectivity index (χ3n) is 4.52. The molecule has 2 fully saturated rings. The van der Waals surface area contributed by atoms with Crippen LogP contribution in [0.3, 0.4) is 0 Å². The van der Waals surface area contributed by atoms with Crippen LogP contribution in [-0.4, -0.2) is 49.3 Å². The number of unbranched alkanes of at least 4 members (excludes halogenated alkanes) is 1. The molecule has 3 N–H and O–H groups in total. The number of hydrogen-bond donors (Lipinski definition) is 3. The van der Waals surface area contributed by atoms with E-state index in [4.69, 9.17) is 4.74 Å². The molecule has 2 aliphatic rings. The van der Waals surface area contributed by atoms with Crippen LogP contribution in [0.5, 0.6) is 0 Å². The van der Waals surface area contributed by atoms with Gasteiger partial charge >= 0.3 is 0 Å². The standard InChI is InChI=1S/C17H27N5O.HI/c1-18-17(22-14-12-13-7-8-15(14)23-13)21-11-5-4-10-20-16-6-2-3-9-19-16;/h2-3,6,9,13-15H,4-5,7-8,10-12H2,1H3,(H,19,20)(H2,18,21,22);1H. The van der Waals surface area contributed by atoms with E-state index >= 15 is 0 Å². The molecule has 1 aromatic heterocycles. The molecule has 2 aliphatic heterocycles. The minimum Gasteiger partial charge on any atom is -0.373 e. The first kappa shape index (κ1) is 19.2. The second-order valence-electron chi connectivity index (χ2n) is 6.21. The van der Waals surface area contributed by atoms with E-state index in [1.54, 1.807) is 6.20 Å². The molecule has 24 heavy (non-hydrogen) atoms. The molecule has 0 aromatic carbocycles. The Kier molecular flexibility index (Phi) is 8.04. The zero-order valence-electron chi connectivity index (χ0n) is 14.2. The SMILES string of the molecule is CN=C(NCCCCNc1ccccn1)NC1CC2CCC1O2.I. The van der Waals surface area contributed by atoms with Gasteiger partial charge in [-0.1, -0.05) is 6.07 Å². The zero-order chi connectivity index (χ0) is 15.9. The smallest absolute Gasteiger partial charge is 0.191 e. The van der Waals surface area contributed by atoms with Crippen LogP contribution in [0, 0.1) is 0 Å². The first-order chi connectivity index (χ1) is 11.3. The fourth-order valence-electron chi connectivity index (χ4n) is 3.30. The van der Waals surface area contributed by atoms with Crippen molar-refractivity contribution >= 4 is 35.8 Å². The average Bonchev–Trinajstić information content (AvgIpc) is 3.20. The number of anilines is 1. The van der Waals surface area contributed by atoms with Crippen molar-refractivity contribution in [3.63, 3.8) is 0 Å². The molecule has 3 unspecified atom stereocenters. The molecule has 6 nitrogen and oxygen atoms in total. The van der Waals surface area contributed by atoms with Crippen molar-refractivity contribution in [2.75, 3.05) is 25.5 Å². The van der Waals surface area contributed by atoms with E-state index in [0.717, 1.165) is 44.1 Å². The molecule has 2 bridgehead atoms. The molecule has 3 heterocycles. The van der Waals surface area contributed by atoms with Gasteiger partial charge < -0.3 is 20.7 Å². The lowest BCUT2D eigenvalue weighted by Gasteiger charge is -2.22. The van der Waals surface area contributed by atoms with Crippen LogP contribution in [0.2, 0.25) is 0 Å². The van der Waals surface area contributed by atoms with Gasteiger partial charge in [0.25, 0.3) is 0 Å².